The molecule has 3 rings (SSSR count). The van der Waals surface area contributed by atoms with Crippen LogP contribution < -0.4 is 0 Å². The molecule has 37 heavy (non-hydrogen) atoms. The lowest BCUT2D eigenvalue weighted by molar-refractivity contribution is 0.0647. The fraction of sp³-hybridized carbons (Fsp3) is 1.00. The van der Waals surface area contributed by atoms with Crippen LogP contribution in [0.4, 0.5) is 0 Å². The highest BCUT2D eigenvalue weighted by Crippen LogP contribution is 2.41. The third kappa shape index (κ3) is 12.9. The van der Waals surface area contributed by atoms with Crippen molar-refractivity contribution in [2.75, 3.05) is 59.5 Å². The number of hydrogen-bond donors (Lipinski definition) is 0. The van der Waals surface area contributed by atoms with Crippen LogP contribution >= 0.6 is 0 Å². The summed E-state index contributed by atoms with van der Waals surface area (Å²) in [5, 5.41) is 0. The molecule has 0 amide bonds. The number of fused-ring (bicyclic) bond motifs is 1. The van der Waals surface area contributed by atoms with Gasteiger partial charge in [-0.1, -0.05) is 0 Å². The topological polar surface area (TPSA) is 89.7 Å². The monoisotopic (exact) mass is 566 g/mol. The van der Waals surface area contributed by atoms with E-state index in [-0.39, 0.29) is 0 Å². The van der Waals surface area contributed by atoms with Crippen molar-refractivity contribution in [2.24, 2.45) is 5.92 Å². The summed E-state index contributed by atoms with van der Waals surface area (Å²) in [6.45, 7) is 18.1. The van der Waals surface area contributed by atoms with Crippen LogP contribution in [0, 0.1) is 5.92 Å². The van der Waals surface area contributed by atoms with Crippen LogP contribution in [0.1, 0.15) is 73.6 Å². The highest BCUT2D eigenvalue weighted by atomic mass is 28.4. The molecule has 0 radical (unpaired) electrons. The van der Waals surface area contributed by atoms with Crippen molar-refractivity contribution in [1.29, 1.82) is 0 Å². The number of epoxide rings is 2. The van der Waals surface area contributed by atoms with Gasteiger partial charge in [0.25, 0.3) is 0 Å². The quantitative estimate of drug-likeness (QED) is 0.110. The lowest BCUT2D eigenvalue weighted by atomic mass is 9.88. The van der Waals surface area contributed by atoms with Gasteiger partial charge in [-0.05, 0) is 79.6 Å². The Balaban J connectivity index is 0.000000261. The van der Waals surface area contributed by atoms with Gasteiger partial charge in [-0.15, -0.1) is 0 Å². The van der Waals surface area contributed by atoms with E-state index in [9.17, 15) is 0 Å². The second-order valence-corrected chi connectivity index (χ2v) is 15.0. The zero-order valence-corrected chi connectivity index (χ0v) is 26.3. The molecule has 3 aliphatic rings. The summed E-state index contributed by atoms with van der Waals surface area (Å²) in [5.74, 6) is 0.761. The van der Waals surface area contributed by atoms with E-state index in [4.69, 9.17) is 40.8 Å². The first-order valence-corrected chi connectivity index (χ1v) is 18.5. The van der Waals surface area contributed by atoms with E-state index in [0.29, 0.717) is 71.2 Å². The lowest BCUT2D eigenvalue weighted by Gasteiger charge is -2.30. The molecule has 0 bridgehead atoms. The number of hydrogen-bond acceptors (Lipinski definition) is 9. The number of ether oxygens (including phenoxy) is 3. The molecular weight excluding hydrogens is 512 g/mol. The van der Waals surface area contributed by atoms with Crippen LogP contribution in [-0.4, -0.2) is 95.4 Å². The molecule has 3 fully saturated rings. The molecular formula is C26H54O9Si2. The third-order valence-corrected chi connectivity index (χ3v) is 12.9. The van der Waals surface area contributed by atoms with Crippen molar-refractivity contribution in [3.63, 3.8) is 0 Å². The summed E-state index contributed by atoms with van der Waals surface area (Å²) in [7, 11) is -4.90. The first-order valence-electron chi connectivity index (χ1n) is 14.7. The van der Waals surface area contributed by atoms with Crippen LogP contribution in [0.5, 0.6) is 0 Å². The normalized spacial score (nSPS) is 24.8. The van der Waals surface area contributed by atoms with Gasteiger partial charge < -0.3 is 40.8 Å². The van der Waals surface area contributed by atoms with Crippen molar-refractivity contribution < 1.29 is 40.8 Å². The third-order valence-electron chi connectivity index (χ3n) is 6.63. The lowest BCUT2D eigenvalue weighted by Crippen LogP contribution is -2.46. The van der Waals surface area contributed by atoms with E-state index in [0.717, 1.165) is 37.5 Å². The standard InChI is InChI=1S/C14H28O4Si.C12H26O5Si/c1-4-15-19(16-5-2,17-6-3)10-9-12-7-8-13-14(11-12)18-13;1-4-15-18(16-5-2,17-6-3)9-7-8-13-10-12-11-14-12/h12-14H,4-11H2,1-3H3;12H,4-11H2,1-3H3. The zero-order valence-electron chi connectivity index (χ0n) is 24.3. The van der Waals surface area contributed by atoms with Crippen LogP contribution in [0.2, 0.25) is 12.1 Å². The van der Waals surface area contributed by atoms with E-state index in [1.807, 2.05) is 41.5 Å². The zero-order chi connectivity index (χ0) is 27.0. The van der Waals surface area contributed by atoms with Crippen molar-refractivity contribution in [2.45, 2.75) is 104 Å². The first-order chi connectivity index (χ1) is 18.0. The molecule has 4 atom stereocenters. The molecule has 0 aromatic carbocycles. The predicted molar refractivity (Wildman–Crippen MR) is 147 cm³/mol. The van der Waals surface area contributed by atoms with Crippen LogP contribution in [-0.2, 0) is 40.8 Å². The Hall–Kier alpha value is 0.0738. The van der Waals surface area contributed by atoms with Crippen LogP contribution in [0.3, 0.4) is 0 Å². The largest absolute Gasteiger partial charge is 0.501 e. The summed E-state index contributed by atoms with van der Waals surface area (Å²) in [6.07, 6.45) is 7.28. The highest BCUT2D eigenvalue weighted by molar-refractivity contribution is 6.61. The maximum atomic E-state index is 5.90. The molecule has 0 N–H and O–H groups in total. The van der Waals surface area contributed by atoms with Gasteiger partial charge in [0.1, 0.15) is 6.10 Å². The summed E-state index contributed by atoms with van der Waals surface area (Å²) < 4.78 is 51.2. The molecule has 2 saturated heterocycles. The smallest absolute Gasteiger partial charge is 0.379 e. The fourth-order valence-corrected chi connectivity index (χ4v) is 10.2. The number of rotatable bonds is 21. The molecule has 11 heteroatoms. The Kier molecular flexibility index (Phi) is 16.6. The summed E-state index contributed by atoms with van der Waals surface area (Å²) >= 11 is 0. The molecule has 2 heterocycles. The Morgan fingerprint density at radius 2 is 1.19 bits per heavy atom. The first kappa shape index (κ1) is 33.3. The minimum atomic E-state index is -2.47. The van der Waals surface area contributed by atoms with Crippen molar-refractivity contribution in [1.82, 2.24) is 0 Å². The molecule has 0 aromatic rings. The Bertz CT molecular complexity index is 548. The van der Waals surface area contributed by atoms with E-state index < -0.39 is 17.6 Å². The van der Waals surface area contributed by atoms with Crippen LogP contribution in [0.15, 0.2) is 0 Å². The van der Waals surface area contributed by atoms with Gasteiger partial charge in [0.05, 0.1) is 25.4 Å². The Morgan fingerprint density at radius 1 is 0.676 bits per heavy atom. The molecule has 2 aliphatic heterocycles. The molecule has 9 nitrogen and oxygen atoms in total. The summed E-state index contributed by atoms with van der Waals surface area (Å²) in [5.41, 5.74) is 0. The van der Waals surface area contributed by atoms with Crippen LogP contribution in [0.25, 0.3) is 0 Å². The van der Waals surface area contributed by atoms with E-state index >= 15 is 0 Å². The highest BCUT2D eigenvalue weighted by Gasteiger charge is 2.46. The van der Waals surface area contributed by atoms with Gasteiger partial charge in [0, 0.05) is 58.3 Å². The van der Waals surface area contributed by atoms with E-state index in [1.165, 1.54) is 19.3 Å². The molecule has 1 aliphatic carbocycles. The van der Waals surface area contributed by atoms with Gasteiger partial charge in [-0.3, -0.25) is 0 Å². The van der Waals surface area contributed by atoms with Crippen molar-refractivity contribution >= 4 is 17.6 Å². The molecule has 220 valence electrons. The second-order valence-electron chi connectivity index (χ2n) is 9.53. The van der Waals surface area contributed by atoms with Crippen molar-refractivity contribution in [3.8, 4) is 0 Å². The maximum Gasteiger partial charge on any atom is 0.501 e. The predicted octanol–water partition coefficient (Wildman–Crippen LogP) is 4.83. The molecule has 0 spiro atoms. The van der Waals surface area contributed by atoms with Gasteiger partial charge in [-0.2, -0.15) is 0 Å². The van der Waals surface area contributed by atoms with E-state index in [1.54, 1.807) is 0 Å². The summed E-state index contributed by atoms with van der Waals surface area (Å²) in [6, 6.07) is 1.76. The van der Waals surface area contributed by atoms with Gasteiger partial charge in [-0.25, -0.2) is 0 Å². The Labute approximate surface area is 227 Å². The summed E-state index contributed by atoms with van der Waals surface area (Å²) in [4.78, 5) is 0. The minimum absolute atomic E-state index is 0.331. The van der Waals surface area contributed by atoms with E-state index in [2.05, 4.69) is 0 Å². The van der Waals surface area contributed by atoms with Gasteiger partial charge in [0.15, 0.2) is 0 Å². The van der Waals surface area contributed by atoms with Crippen molar-refractivity contribution in [3.05, 3.63) is 0 Å². The van der Waals surface area contributed by atoms with Gasteiger partial charge >= 0.3 is 17.6 Å². The van der Waals surface area contributed by atoms with Gasteiger partial charge in [0.2, 0.25) is 0 Å². The Morgan fingerprint density at radius 3 is 1.65 bits per heavy atom. The minimum Gasteiger partial charge on any atom is -0.379 e. The average molecular weight is 567 g/mol. The second kappa shape index (κ2) is 18.4. The SMILES string of the molecule is CCO[Si](CCC1CCC2OC2C1)(OCC)OCC.CCO[Si](CCCOCC1CO1)(OCC)OCC. The fourth-order valence-electron chi connectivity index (χ4n) is 4.90. The average Bonchev–Trinajstić information content (AvgIpc) is 3.80. The maximum absolute atomic E-state index is 5.90. The molecule has 4 unspecified atom stereocenters. The molecule has 1 saturated carbocycles. The molecule has 0 aromatic heterocycles.